The Hall–Kier alpha value is -4.05. The molecule has 28 heavy (non-hydrogen) atoms. The molecule has 0 saturated heterocycles. The van der Waals surface area contributed by atoms with Crippen LogP contribution in [0.15, 0.2) is 60.8 Å². The molecule has 0 unspecified atom stereocenters. The van der Waals surface area contributed by atoms with Crippen molar-refractivity contribution in [2.75, 3.05) is 17.4 Å². The third kappa shape index (κ3) is 3.71. The van der Waals surface area contributed by atoms with E-state index >= 15 is 0 Å². The predicted molar refractivity (Wildman–Crippen MR) is 103 cm³/mol. The van der Waals surface area contributed by atoms with Crippen LogP contribution in [0, 0.1) is 11.3 Å². The number of nitrogens with zero attached hydrogens (tertiary/aromatic N) is 2. The van der Waals surface area contributed by atoms with Gasteiger partial charge in [0.1, 0.15) is 11.9 Å². The molecule has 1 aliphatic rings. The van der Waals surface area contributed by atoms with Crippen LogP contribution in [0.3, 0.4) is 0 Å². The molecule has 0 saturated carbocycles. The molecule has 0 spiro atoms. The molecule has 3 aromatic rings. The fourth-order valence-electron chi connectivity index (χ4n) is 2.76. The summed E-state index contributed by atoms with van der Waals surface area (Å²) in [4.78, 5) is 16.7. The summed E-state index contributed by atoms with van der Waals surface area (Å²) in [6, 6.07) is 18.1. The lowest BCUT2D eigenvalue weighted by Gasteiger charge is -2.09. The summed E-state index contributed by atoms with van der Waals surface area (Å²) in [5, 5.41) is 15.0. The van der Waals surface area contributed by atoms with Crippen molar-refractivity contribution < 1.29 is 14.3 Å². The number of ether oxygens (including phenoxy) is 2. The number of rotatable bonds is 5. The van der Waals surface area contributed by atoms with Crippen molar-refractivity contribution in [3.05, 3.63) is 77.5 Å². The zero-order valence-electron chi connectivity index (χ0n) is 14.8. The second kappa shape index (κ2) is 7.68. The zero-order chi connectivity index (χ0) is 19.3. The summed E-state index contributed by atoms with van der Waals surface area (Å²) in [7, 11) is 0. The molecule has 7 nitrogen and oxygen atoms in total. The molecule has 0 aliphatic carbocycles. The first-order valence-corrected chi connectivity index (χ1v) is 8.62. The smallest absolute Gasteiger partial charge is 0.257 e. The van der Waals surface area contributed by atoms with E-state index in [-0.39, 0.29) is 12.7 Å². The lowest BCUT2D eigenvalue weighted by atomic mass is 10.2. The minimum Gasteiger partial charge on any atom is -0.454 e. The quantitative estimate of drug-likeness (QED) is 0.711. The van der Waals surface area contributed by atoms with Gasteiger partial charge in [-0.3, -0.25) is 4.79 Å². The summed E-state index contributed by atoms with van der Waals surface area (Å²) < 4.78 is 10.7. The van der Waals surface area contributed by atoms with Crippen LogP contribution in [-0.4, -0.2) is 17.7 Å². The molecule has 2 N–H and O–H groups in total. The third-order valence-electron chi connectivity index (χ3n) is 4.23. The number of nitrogens with one attached hydrogen (secondary N) is 2. The van der Waals surface area contributed by atoms with Crippen molar-refractivity contribution in [2.45, 2.75) is 6.54 Å². The number of pyridine rings is 1. The molecule has 7 heteroatoms. The first kappa shape index (κ1) is 17.4. The Morgan fingerprint density at radius 3 is 2.79 bits per heavy atom. The number of hydrogen-bond donors (Lipinski definition) is 2. The van der Waals surface area contributed by atoms with Crippen LogP contribution >= 0.6 is 0 Å². The molecule has 1 aliphatic heterocycles. The Kier molecular flexibility index (Phi) is 4.76. The van der Waals surface area contributed by atoms with Gasteiger partial charge in [-0.1, -0.05) is 18.2 Å². The molecule has 0 bridgehead atoms. The molecule has 0 fully saturated rings. The second-order valence-electron chi connectivity index (χ2n) is 6.08. The van der Waals surface area contributed by atoms with Gasteiger partial charge in [0.05, 0.1) is 16.8 Å². The predicted octanol–water partition coefficient (Wildman–Crippen LogP) is 3.55. The van der Waals surface area contributed by atoms with Crippen LogP contribution in [0.25, 0.3) is 0 Å². The van der Waals surface area contributed by atoms with E-state index in [0.29, 0.717) is 29.2 Å². The zero-order valence-corrected chi connectivity index (χ0v) is 14.8. The van der Waals surface area contributed by atoms with Crippen molar-refractivity contribution in [1.29, 1.82) is 5.26 Å². The first-order valence-electron chi connectivity index (χ1n) is 8.62. The van der Waals surface area contributed by atoms with E-state index in [2.05, 4.69) is 21.7 Å². The fourth-order valence-corrected chi connectivity index (χ4v) is 2.76. The van der Waals surface area contributed by atoms with E-state index in [1.165, 1.54) is 6.20 Å². The molecule has 138 valence electrons. The average Bonchev–Trinajstić information content (AvgIpc) is 3.21. The molecule has 0 atom stereocenters. The Morgan fingerprint density at radius 2 is 1.96 bits per heavy atom. The molecular formula is C21H16N4O3. The highest BCUT2D eigenvalue weighted by Gasteiger charge is 2.13. The molecule has 1 amide bonds. The van der Waals surface area contributed by atoms with Crippen molar-refractivity contribution in [1.82, 2.24) is 4.98 Å². The number of benzene rings is 2. The summed E-state index contributed by atoms with van der Waals surface area (Å²) in [6.45, 7) is 0.806. The van der Waals surface area contributed by atoms with Gasteiger partial charge in [0.25, 0.3) is 5.91 Å². The van der Waals surface area contributed by atoms with Crippen LogP contribution in [0.4, 0.5) is 11.5 Å². The minimum absolute atomic E-state index is 0.246. The largest absolute Gasteiger partial charge is 0.454 e. The molecule has 1 aromatic heterocycles. The summed E-state index contributed by atoms with van der Waals surface area (Å²) in [5.41, 5.74) is 2.31. The Labute approximate surface area is 161 Å². The second-order valence-corrected chi connectivity index (χ2v) is 6.08. The van der Waals surface area contributed by atoms with Crippen molar-refractivity contribution >= 4 is 17.4 Å². The highest BCUT2D eigenvalue weighted by molar-refractivity contribution is 6.04. The number of para-hydroxylation sites is 1. The fraction of sp³-hybridized carbons (Fsp3) is 0.0952. The maximum atomic E-state index is 12.4. The van der Waals surface area contributed by atoms with Crippen LogP contribution in [0.1, 0.15) is 21.5 Å². The van der Waals surface area contributed by atoms with Gasteiger partial charge in [-0.2, -0.15) is 5.26 Å². The van der Waals surface area contributed by atoms with Gasteiger partial charge in [0.2, 0.25) is 6.79 Å². The van der Waals surface area contributed by atoms with E-state index in [4.69, 9.17) is 14.7 Å². The number of anilines is 2. The van der Waals surface area contributed by atoms with Crippen LogP contribution < -0.4 is 20.1 Å². The standard InChI is InChI=1S/C21H16N4O3/c22-10-15-3-1-2-4-17(15)25-21(26)16-6-8-20(24-12-16)23-11-14-5-7-18-19(9-14)28-13-27-18/h1-9,12H,11,13H2,(H,23,24)(H,25,26). The number of nitriles is 1. The van der Waals surface area contributed by atoms with Crippen molar-refractivity contribution in [2.24, 2.45) is 0 Å². The number of carbonyl (C=O) groups is 1. The average molecular weight is 372 g/mol. The normalized spacial score (nSPS) is 11.5. The first-order chi connectivity index (χ1) is 13.7. The van der Waals surface area contributed by atoms with Gasteiger partial charge in [0.15, 0.2) is 11.5 Å². The lowest BCUT2D eigenvalue weighted by molar-refractivity contribution is 0.102. The maximum Gasteiger partial charge on any atom is 0.257 e. The van der Waals surface area contributed by atoms with E-state index in [9.17, 15) is 4.79 Å². The van der Waals surface area contributed by atoms with Crippen molar-refractivity contribution in [3.8, 4) is 17.6 Å². The number of carbonyl (C=O) groups excluding carboxylic acids is 1. The van der Waals surface area contributed by atoms with E-state index in [1.807, 2.05) is 18.2 Å². The van der Waals surface area contributed by atoms with Crippen LogP contribution in [0.2, 0.25) is 0 Å². The minimum atomic E-state index is -0.322. The molecule has 2 heterocycles. The van der Waals surface area contributed by atoms with Gasteiger partial charge < -0.3 is 20.1 Å². The maximum absolute atomic E-state index is 12.4. The number of hydrogen-bond acceptors (Lipinski definition) is 6. The van der Waals surface area contributed by atoms with Gasteiger partial charge >= 0.3 is 0 Å². The van der Waals surface area contributed by atoms with Gasteiger partial charge in [-0.05, 0) is 42.0 Å². The van der Waals surface area contributed by atoms with Gasteiger partial charge in [-0.25, -0.2) is 4.98 Å². The summed E-state index contributed by atoms with van der Waals surface area (Å²) >= 11 is 0. The Balaban J connectivity index is 1.38. The van der Waals surface area contributed by atoms with Crippen LogP contribution in [0.5, 0.6) is 11.5 Å². The van der Waals surface area contributed by atoms with E-state index in [0.717, 1.165) is 17.1 Å². The Morgan fingerprint density at radius 1 is 1.11 bits per heavy atom. The lowest BCUT2D eigenvalue weighted by Crippen LogP contribution is -2.13. The SMILES string of the molecule is N#Cc1ccccc1NC(=O)c1ccc(NCc2ccc3c(c2)OCO3)nc1. The number of amides is 1. The molecular weight excluding hydrogens is 356 g/mol. The molecule has 4 rings (SSSR count). The van der Waals surface area contributed by atoms with Gasteiger partial charge in [0, 0.05) is 12.7 Å². The highest BCUT2D eigenvalue weighted by Crippen LogP contribution is 2.32. The summed E-state index contributed by atoms with van der Waals surface area (Å²) in [5.74, 6) is 1.80. The number of fused-ring (bicyclic) bond motifs is 1. The highest BCUT2D eigenvalue weighted by atomic mass is 16.7. The Bertz CT molecular complexity index is 1060. The van der Waals surface area contributed by atoms with E-state index in [1.54, 1.807) is 36.4 Å². The molecule has 0 radical (unpaired) electrons. The monoisotopic (exact) mass is 372 g/mol. The van der Waals surface area contributed by atoms with Gasteiger partial charge in [-0.15, -0.1) is 0 Å². The van der Waals surface area contributed by atoms with Crippen LogP contribution in [-0.2, 0) is 6.54 Å². The number of aromatic nitrogens is 1. The summed E-state index contributed by atoms with van der Waals surface area (Å²) in [6.07, 6.45) is 1.49. The topological polar surface area (TPSA) is 96.3 Å². The third-order valence-corrected chi connectivity index (χ3v) is 4.23. The van der Waals surface area contributed by atoms with E-state index < -0.39 is 0 Å². The van der Waals surface area contributed by atoms with Crippen molar-refractivity contribution in [3.63, 3.8) is 0 Å². The molecule has 2 aromatic carbocycles.